The van der Waals surface area contributed by atoms with E-state index in [0.717, 1.165) is 51.4 Å². The van der Waals surface area contributed by atoms with Crippen molar-refractivity contribution >= 4 is 19.8 Å². The number of carbonyl (C=O) groups is 2. The predicted octanol–water partition coefficient (Wildman–Crippen LogP) is 22.7. The molecule has 0 aromatic carbocycles. The van der Waals surface area contributed by atoms with E-state index in [1.807, 2.05) is 21.1 Å². The van der Waals surface area contributed by atoms with Crippen LogP contribution in [0.25, 0.3) is 0 Å². The number of phosphoric acid groups is 1. The first-order chi connectivity index (χ1) is 39.5. The van der Waals surface area contributed by atoms with Gasteiger partial charge in [-0.2, -0.15) is 0 Å². The molecule has 478 valence electrons. The first-order valence-corrected chi connectivity index (χ1v) is 36.7. The Morgan fingerprint density at radius 3 is 1.00 bits per heavy atom. The number of phosphoric ester groups is 1. The number of rotatable bonds is 66. The van der Waals surface area contributed by atoms with Gasteiger partial charge in [-0.3, -0.25) is 18.6 Å². The molecule has 0 bridgehead atoms. The topological polar surface area (TPSA) is 108 Å². The Morgan fingerprint density at radius 1 is 0.383 bits per heavy atom. The molecule has 2 unspecified atom stereocenters. The lowest BCUT2D eigenvalue weighted by Crippen LogP contribution is -2.37. The number of carbonyl (C=O) groups excluding carboxylic acids is 2. The fraction of sp³-hybridized carbons (Fsp3) is 0.887. The van der Waals surface area contributed by atoms with Crippen LogP contribution < -0.4 is 0 Å². The van der Waals surface area contributed by atoms with Crippen molar-refractivity contribution in [1.82, 2.24) is 0 Å². The summed E-state index contributed by atoms with van der Waals surface area (Å²) in [4.78, 5) is 35.8. The minimum atomic E-state index is -4.39. The van der Waals surface area contributed by atoms with Crippen molar-refractivity contribution in [3.8, 4) is 0 Å². The number of quaternary nitrogens is 1. The summed E-state index contributed by atoms with van der Waals surface area (Å²) in [6.45, 7) is 4.46. The molecular formula is C71H137NO8P+. The SMILES string of the molecule is CCCCCC/C=C\C/C=C\CCCCCCCCCC(=O)OC(COC(=O)CCCCCCCCCCCCCCCCCCCCCCCCCCCCC/C=C\CCCCCCCCCC)COP(=O)(O)OCC[N+](C)(C)C. The summed E-state index contributed by atoms with van der Waals surface area (Å²) in [7, 11) is 1.49. The van der Waals surface area contributed by atoms with E-state index in [0.29, 0.717) is 23.9 Å². The minimum Gasteiger partial charge on any atom is -0.462 e. The lowest BCUT2D eigenvalue weighted by molar-refractivity contribution is -0.870. The molecule has 0 fully saturated rings. The highest BCUT2D eigenvalue weighted by atomic mass is 31.2. The van der Waals surface area contributed by atoms with Gasteiger partial charge in [-0.25, -0.2) is 4.57 Å². The van der Waals surface area contributed by atoms with Gasteiger partial charge in [0, 0.05) is 12.8 Å². The average Bonchev–Trinajstić information content (AvgIpc) is 3.43. The second-order valence-corrected chi connectivity index (χ2v) is 26.7. The average molecular weight is 1160 g/mol. The zero-order valence-corrected chi connectivity index (χ0v) is 55.4. The summed E-state index contributed by atoms with van der Waals surface area (Å²) in [5.74, 6) is -0.790. The van der Waals surface area contributed by atoms with E-state index in [9.17, 15) is 19.0 Å². The smallest absolute Gasteiger partial charge is 0.462 e. The van der Waals surface area contributed by atoms with Crippen LogP contribution in [0.1, 0.15) is 354 Å². The normalized spacial score (nSPS) is 13.3. The quantitative estimate of drug-likeness (QED) is 0.0211. The Labute approximate surface area is 503 Å². The van der Waals surface area contributed by atoms with Gasteiger partial charge in [-0.1, -0.05) is 307 Å². The molecule has 0 saturated carbocycles. The maximum atomic E-state index is 12.8. The predicted molar refractivity (Wildman–Crippen MR) is 349 cm³/mol. The molecular weight excluding hydrogens is 1030 g/mol. The van der Waals surface area contributed by atoms with Crippen LogP contribution in [0.2, 0.25) is 0 Å². The van der Waals surface area contributed by atoms with E-state index in [-0.39, 0.29) is 25.6 Å². The Kier molecular flexibility index (Phi) is 61.4. The van der Waals surface area contributed by atoms with Crippen molar-refractivity contribution in [3.63, 3.8) is 0 Å². The fourth-order valence-corrected chi connectivity index (χ4v) is 11.2. The molecule has 0 rings (SSSR count). The summed E-state index contributed by atoms with van der Waals surface area (Å²) in [6.07, 6.45) is 79.9. The molecule has 9 nitrogen and oxygen atoms in total. The molecule has 10 heteroatoms. The van der Waals surface area contributed by atoms with Gasteiger partial charge in [0.05, 0.1) is 27.7 Å². The third-order valence-electron chi connectivity index (χ3n) is 15.9. The molecule has 1 N–H and O–H groups in total. The Balaban J connectivity index is 3.88. The molecule has 0 aliphatic carbocycles. The Hall–Kier alpha value is -1.77. The first kappa shape index (κ1) is 79.2. The number of unbranched alkanes of at least 4 members (excludes halogenated alkanes) is 46. The molecule has 0 radical (unpaired) electrons. The van der Waals surface area contributed by atoms with Crippen LogP contribution in [0.3, 0.4) is 0 Å². The molecule has 0 aliphatic rings. The molecule has 81 heavy (non-hydrogen) atoms. The van der Waals surface area contributed by atoms with Crippen LogP contribution in [0.15, 0.2) is 36.5 Å². The van der Waals surface area contributed by atoms with E-state index < -0.39 is 26.5 Å². The molecule has 0 spiro atoms. The van der Waals surface area contributed by atoms with Gasteiger partial charge in [-0.15, -0.1) is 0 Å². The summed E-state index contributed by atoms with van der Waals surface area (Å²) in [5.41, 5.74) is 0. The molecule has 2 atom stereocenters. The number of likely N-dealkylation sites (N-methyl/N-ethyl adjacent to an activating group) is 1. The van der Waals surface area contributed by atoms with Crippen molar-refractivity contribution in [2.45, 2.75) is 360 Å². The number of ether oxygens (including phenoxy) is 2. The van der Waals surface area contributed by atoms with E-state index in [4.69, 9.17) is 18.5 Å². The number of allylic oxidation sites excluding steroid dienone is 6. The lowest BCUT2D eigenvalue weighted by Gasteiger charge is -2.24. The number of nitrogens with zero attached hydrogens (tertiary/aromatic N) is 1. The van der Waals surface area contributed by atoms with E-state index in [1.165, 1.54) is 270 Å². The summed E-state index contributed by atoms with van der Waals surface area (Å²) < 4.78 is 34.7. The standard InChI is InChI=1S/C71H136NO8P/c1-6-8-10-12-14-16-18-20-22-24-26-27-28-29-30-31-32-33-34-35-36-37-38-39-40-41-42-43-44-45-46-48-49-51-53-55-57-59-61-63-70(73)77-67-69(68-79-81(75,76)78-66-65-72(3,4)5)80-71(74)64-62-60-58-56-54-52-50-47-25-23-21-19-17-15-13-11-9-7-2/h17,19,23-26,69H,6-16,18,20-22,27-68H2,1-5H3/p+1/b19-17-,25-23-,26-24-. The third kappa shape index (κ3) is 67.2. The maximum absolute atomic E-state index is 12.8. The van der Waals surface area contributed by atoms with Crippen molar-refractivity contribution < 1.29 is 42.1 Å². The van der Waals surface area contributed by atoms with E-state index >= 15 is 0 Å². The first-order valence-electron chi connectivity index (χ1n) is 35.2. The van der Waals surface area contributed by atoms with Crippen molar-refractivity contribution in [2.75, 3.05) is 47.5 Å². The van der Waals surface area contributed by atoms with Crippen LogP contribution in [0, 0.1) is 0 Å². The highest BCUT2D eigenvalue weighted by molar-refractivity contribution is 7.47. The highest BCUT2D eigenvalue weighted by Crippen LogP contribution is 2.43. The van der Waals surface area contributed by atoms with Crippen LogP contribution in [0.5, 0.6) is 0 Å². The van der Waals surface area contributed by atoms with Gasteiger partial charge >= 0.3 is 19.8 Å². The van der Waals surface area contributed by atoms with Crippen LogP contribution in [-0.2, 0) is 32.7 Å². The van der Waals surface area contributed by atoms with Crippen molar-refractivity contribution in [2.24, 2.45) is 0 Å². The number of esters is 2. The molecule has 0 heterocycles. The van der Waals surface area contributed by atoms with Crippen LogP contribution in [0.4, 0.5) is 0 Å². The second-order valence-electron chi connectivity index (χ2n) is 25.3. The molecule has 0 aromatic rings. The van der Waals surface area contributed by atoms with Gasteiger partial charge in [-0.05, 0) is 70.6 Å². The third-order valence-corrected chi connectivity index (χ3v) is 16.9. The van der Waals surface area contributed by atoms with Gasteiger partial charge in [0.25, 0.3) is 0 Å². The zero-order chi connectivity index (χ0) is 59.1. The summed E-state index contributed by atoms with van der Waals surface area (Å²) >= 11 is 0. The molecule has 0 aromatic heterocycles. The monoisotopic (exact) mass is 1160 g/mol. The van der Waals surface area contributed by atoms with Gasteiger partial charge in [0.15, 0.2) is 6.10 Å². The number of hydrogen-bond donors (Lipinski definition) is 1. The van der Waals surface area contributed by atoms with Crippen molar-refractivity contribution in [1.29, 1.82) is 0 Å². The maximum Gasteiger partial charge on any atom is 0.472 e. The number of hydrogen-bond acceptors (Lipinski definition) is 7. The van der Waals surface area contributed by atoms with Gasteiger partial charge in [0.2, 0.25) is 0 Å². The summed E-state index contributed by atoms with van der Waals surface area (Å²) in [6, 6.07) is 0. The zero-order valence-electron chi connectivity index (χ0n) is 54.5. The molecule has 0 aliphatic heterocycles. The Morgan fingerprint density at radius 2 is 0.667 bits per heavy atom. The summed E-state index contributed by atoms with van der Waals surface area (Å²) in [5, 5.41) is 0. The van der Waals surface area contributed by atoms with Gasteiger partial charge < -0.3 is 18.9 Å². The van der Waals surface area contributed by atoms with Crippen molar-refractivity contribution in [3.05, 3.63) is 36.5 Å². The largest absolute Gasteiger partial charge is 0.472 e. The van der Waals surface area contributed by atoms with Crippen LogP contribution >= 0.6 is 7.82 Å². The molecule has 0 amide bonds. The van der Waals surface area contributed by atoms with Gasteiger partial charge in [0.1, 0.15) is 19.8 Å². The lowest BCUT2D eigenvalue weighted by atomic mass is 10.0. The van der Waals surface area contributed by atoms with E-state index in [1.54, 1.807) is 0 Å². The second kappa shape index (κ2) is 62.8. The van der Waals surface area contributed by atoms with Crippen LogP contribution in [-0.4, -0.2) is 74.9 Å². The highest BCUT2D eigenvalue weighted by Gasteiger charge is 2.27. The Bertz CT molecular complexity index is 1460. The molecule has 0 saturated heterocycles. The minimum absolute atomic E-state index is 0.0318. The van der Waals surface area contributed by atoms with E-state index in [2.05, 4.69) is 50.3 Å². The fourth-order valence-electron chi connectivity index (χ4n) is 10.5.